The van der Waals surface area contributed by atoms with Crippen molar-refractivity contribution in [3.63, 3.8) is 0 Å². The first-order chi connectivity index (χ1) is 6.11. The summed E-state index contributed by atoms with van der Waals surface area (Å²) in [7, 11) is 0. The van der Waals surface area contributed by atoms with Crippen molar-refractivity contribution < 1.29 is 14.6 Å². The highest BCUT2D eigenvalue weighted by Crippen LogP contribution is 2.28. The fraction of sp³-hybridized carbons (Fsp3) is 1.00. The van der Waals surface area contributed by atoms with E-state index in [1.165, 1.54) is 0 Å². The maximum Gasteiger partial charge on any atom is 0.163 e. The predicted octanol–water partition coefficient (Wildman–Crippen LogP) is -0.139. The molecule has 4 heteroatoms. The molecule has 0 bridgehead atoms. The van der Waals surface area contributed by atoms with Crippen LogP contribution in [-0.4, -0.2) is 42.3 Å². The Morgan fingerprint density at radius 1 is 1.54 bits per heavy atom. The number of fused-ring (bicyclic) bond motifs is 1. The summed E-state index contributed by atoms with van der Waals surface area (Å²) in [5, 5.41) is 12.3. The minimum Gasteiger partial charge on any atom is -0.395 e. The maximum atomic E-state index is 8.98. The van der Waals surface area contributed by atoms with Gasteiger partial charge in [-0.15, -0.1) is 0 Å². The van der Waals surface area contributed by atoms with E-state index < -0.39 is 5.79 Å². The zero-order valence-electron chi connectivity index (χ0n) is 8.12. The average molecular weight is 187 g/mol. The average Bonchev–Trinajstić information content (AvgIpc) is 2.44. The zero-order chi connectivity index (χ0) is 9.47. The van der Waals surface area contributed by atoms with Crippen molar-refractivity contribution in [2.75, 3.05) is 13.2 Å². The summed E-state index contributed by atoms with van der Waals surface area (Å²) in [5.41, 5.74) is 0. The summed E-state index contributed by atoms with van der Waals surface area (Å²) in [6.45, 7) is 4.70. The van der Waals surface area contributed by atoms with Gasteiger partial charge in [-0.2, -0.15) is 0 Å². The van der Waals surface area contributed by atoms with Gasteiger partial charge in [-0.1, -0.05) is 0 Å². The van der Waals surface area contributed by atoms with Gasteiger partial charge in [-0.25, -0.2) is 0 Å². The van der Waals surface area contributed by atoms with E-state index in [1.54, 1.807) is 0 Å². The minimum absolute atomic E-state index is 0.174. The molecule has 0 radical (unpaired) electrons. The third-order valence-corrected chi connectivity index (χ3v) is 2.68. The van der Waals surface area contributed by atoms with Crippen LogP contribution in [0.1, 0.15) is 20.3 Å². The van der Waals surface area contributed by atoms with Gasteiger partial charge in [-0.3, -0.25) is 0 Å². The molecule has 0 aromatic rings. The van der Waals surface area contributed by atoms with Crippen LogP contribution in [0.3, 0.4) is 0 Å². The third-order valence-electron chi connectivity index (χ3n) is 2.68. The lowest BCUT2D eigenvalue weighted by Gasteiger charge is -2.37. The predicted molar refractivity (Wildman–Crippen MR) is 47.3 cm³/mol. The van der Waals surface area contributed by atoms with E-state index in [1.807, 2.05) is 13.8 Å². The molecule has 2 aliphatic heterocycles. The Balaban J connectivity index is 1.98. The van der Waals surface area contributed by atoms with Gasteiger partial charge in [0.15, 0.2) is 5.79 Å². The van der Waals surface area contributed by atoms with Crippen LogP contribution >= 0.6 is 0 Å². The molecule has 2 fully saturated rings. The summed E-state index contributed by atoms with van der Waals surface area (Å²) in [6.07, 6.45) is 1.08. The van der Waals surface area contributed by atoms with Crippen LogP contribution in [-0.2, 0) is 9.47 Å². The van der Waals surface area contributed by atoms with Crippen LogP contribution < -0.4 is 5.32 Å². The van der Waals surface area contributed by atoms with Crippen LogP contribution in [0.2, 0.25) is 0 Å². The summed E-state index contributed by atoms with van der Waals surface area (Å²) in [4.78, 5) is 0. The van der Waals surface area contributed by atoms with Crippen molar-refractivity contribution in [2.45, 2.75) is 44.2 Å². The standard InChI is InChI=1S/C9H17NO3/c1-9(2)12-5-7-8(13-9)3-6(4-11)10-7/h6-8,10-11H,3-5H2,1-2H3. The molecule has 2 aliphatic rings. The number of ether oxygens (including phenoxy) is 2. The normalized spacial score (nSPS) is 43.2. The molecule has 2 rings (SSSR count). The van der Waals surface area contributed by atoms with Crippen LogP contribution in [0.5, 0.6) is 0 Å². The highest BCUT2D eigenvalue weighted by Gasteiger charge is 2.42. The van der Waals surface area contributed by atoms with E-state index >= 15 is 0 Å². The fourth-order valence-electron chi connectivity index (χ4n) is 2.02. The van der Waals surface area contributed by atoms with E-state index in [2.05, 4.69) is 5.32 Å². The smallest absolute Gasteiger partial charge is 0.163 e. The molecule has 3 unspecified atom stereocenters. The van der Waals surface area contributed by atoms with Crippen molar-refractivity contribution in [3.8, 4) is 0 Å². The molecule has 3 atom stereocenters. The molecule has 0 aliphatic carbocycles. The first-order valence-corrected chi connectivity index (χ1v) is 4.79. The molecule has 0 saturated carbocycles. The zero-order valence-corrected chi connectivity index (χ0v) is 8.12. The summed E-state index contributed by atoms with van der Waals surface area (Å²) in [6, 6.07) is 0.428. The van der Waals surface area contributed by atoms with E-state index in [4.69, 9.17) is 14.6 Å². The van der Waals surface area contributed by atoms with E-state index in [9.17, 15) is 0 Å². The molecule has 2 heterocycles. The van der Waals surface area contributed by atoms with Gasteiger partial charge < -0.3 is 19.9 Å². The number of aliphatic hydroxyl groups excluding tert-OH is 1. The van der Waals surface area contributed by atoms with E-state index in [-0.39, 0.29) is 24.8 Å². The molecule has 76 valence electrons. The number of aliphatic hydroxyl groups is 1. The van der Waals surface area contributed by atoms with Crippen molar-refractivity contribution >= 4 is 0 Å². The largest absolute Gasteiger partial charge is 0.395 e. The van der Waals surface area contributed by atoms with Gasteiger partial charge in [0, 0.05) is 6.04 Å². The number of hydrogen-bond acceptors (Lipinski definition) is 4. The topological polar surface area (TPSA) is 50.7 Å². The molecule has 13 heavy (non-hydrogen) atoms. The quantitative estimate of drug-likeness (QED) is 0.600. The molecule has 0 amide bonds. The van der Waals surface area contributed by atoms with Crippen molar-refractivity contribution in [2.24, 2.45) is 0 Å². The molecule has 4 nitrogen and oxygen atoms in total. The van der Waals surface area contributed by atoms with Crippen molar-refractivity contribution in [1.82, 2.24) is 5.32 Å². The lowest BCUT2D eigenvalue weighted by Crippen LogP contribution is -2.50. The summed E-state index contributed by atoms with van der Waals surface area (Å²) >= 11 is 0. The van der Waals surface area contributed by atoms with Gasteiger partial charge >= 0.3 is 0 Å². The Hall–Kier alpha value is -0.160. The highest BCUT2D eigenvalue weighted by atomic mass is 16.7. The van der Waals surface area contributed by atoms with Gasteiger partial charge in [0.25, 0.3) is 0 Å². The summed E-state index contributed by atoms with van der Waals surface area (Å²) < 4.78 is 11.2. The van der Waals surface area contributed by atoms with Gasteiger partial charge in [0.05, 0.1) is 25.4 Å². The third kappa shape index (κ3) is 1.86. The maximum absolute atomic E-state index is 8.98. The molecule has 2 N–H and O–H groups in total. The Bertz CT molecular complexity index is 195. The second-order valence-electron chi connectivity index (χ2n) is 4.26. The highest BCUT2D eigenvalue weighted by molar-refractivity contribution is 4.94. The monoisotopic (exact) mass is 187 g/mol. The SMILES string of the molecule is CC1(C)OCC2NC(CO)CC2O1. The van der Waals surface area contributed by atoms with Crippen molar-refractivity contribution in [1.29, 1.82) is 0 Å². The van der Waals surface area contributed by atoms with E-state index in [0.717, 1.165) is 6.42 Å². The van der Waals surface area contributed by atoms with Gasteiger partial charge in [0.1, 0.15) is 0 Å². The van der Waals surface area contributed by atoms with E-state index in [0.29, 0.717) is 6.61 Å². The van der Waals surface area contributed by atoms with Crippen LogP contribution in [0.15, 0.2) is 0 Å². The van der Waals surface area contributed by atoms with Crippen LogP contribution in [0.4, 0.5) is 0 Å². The Morgan fingerprint density at radius 3 is 3.00 bits per heavy atom. The molecule has 2 saturated heterocycles. The second kappa shape index (κ2) is 3.20. The van der Waals surface area contributed by atoms with Crippen molar-refractivity contribution in [3.05, 3.63) is 0 Å². The number of rotatable bonds is 1. The summed E-state index contributed by atoms with van der Waals surface area (Å²) in [5.74, 6) is -0.465. The molecule has 0 aromatic heterocycles. The van der Waals surface area contributed by atoms with Crippen LogP contribution in [0.25, 0.3) is 0 Å². The van der Waals surface area contributed by atoms with Gasteiger partial charge in [-0.05, 0) is 20.3 Å². The Morgan fingerprint density at radius 2 is 2.31 bits per heavy atom. The Kier molecular flexibility index (Phi) is 2.32. The molecule has 0 spiro atoms. The number of nitrogens with one attached hydrogen (secondary N) is 1. The Labute approximate surface area is 78.2 Å². The first-order valence-electron chi connectivity index (χ1n) is 4.79. The van der Waals surface area contributed by atoms with Crippen LogP contribution in [0, 0.1) is 0 Å². The second-order valence-corrected chi connectivity index (χ2v) is 4.26. The fourth-order valence-corrected chi connectivity index (χ4v) is 2.02. The van der Waals surface area contributed by atoms with Gasteiger partial charge in [0.2, 0.25) is 0 Å². The molecule has 0 aromatic carbocycles. The number of hydrogen-bond donors (Lipinski definition) is 2. The molecular formula is C9H17NO3. The lowest BCUT2D eigenvalue weighted by atomic mass is 10.1. The first kappa shape index (κ1) is 9.40. The minimum atomic E-state index is -0.465. The molecular weight excluding hydrogens is 170 g/mol. The lowest BCUT2D eigenvalue weighted by molar-refractivity contribution is -0.275.